The van der Waals surface area contributed by atoms with Gasteiger partial charge in [-0.1, -0.05) is 0 Å². The van der Waals surface area contributed by atoms with Gasteiger partial charge < -0.3 is 8.98 Å². The van der Waals surface area contributed by atoms with Crippen molar-refractivity contribution >= 4 is 0 Å². The highest BCUT2D eigenvalue weighted by molar-refractivity contribution is 5.62. The number of nitrogens with zero attached hydrogens (tertiary/aromatic N) is 1. The van der Waals surface area contributed by atoms with Crippen LogP contribution >= 0.6 is 0 Å². The summed E-state index contributed by atoms with van der Waals surface area (Å²) in [4.78, 5) is 0. The lowest BCUT2D eigenvalue weighted by Crippen LogP contribution is -1.87. The van der Waals surface area contributed by atoms with Crippen molar-refractivity contribution in [3.05, 3.63) is 35.9 Å². The highest BCUT2D eigenvalue weighted by atomic mass is 16.3. The van der Waals surface area contributed by atoms with Crippen LogP contribution in [0.15, 0.2) is 29.0 Å². The molecule has 0 aromatic carbocycles. The molecule has 0 radical (unpaired) electrons. The van der Waals surface area contributed by atoms with E-state index in [1.165, 1.54) is 16.8 Å². The Labute approximate surface area is 77.8 Å². The molecule has 0 aliphatic rings. The van der Waals surface area contributed by atoms with E-state index >= 15 is 0 Å². The fourth-order valence-electron chi connectivity index (χ4n) is 1.53. The zero-order chi connectivity index (χ0) is 9.42. The van der Waals surface area contributed by atoms with Crippen molar-refractivity contribution in [3.63, 3.8) is 0 Å². The summed E-state index contributed by atoms with van der Waals surface area (Å²) in [5, 5.41) is 0. The minimum atomic E-state index is 0.946. The summed E-state index contributed by atoms with van der Waals surface area (Å²) in [6.07, 6.45) is 3.81. The standard InChI is InChI=1S/C11H13NO/c1-8-9(2)12(3)7-10(8)11-5-4-6-13-11/h4-7H,1-3H3. The van der Waals surface area contributed by atoms with Gasteiger partial charge in [0.1, 0.15) is 5.76 Å². The van der Waals surface area contributed by atoms with E-state index in [2.05, 4.69) is 31.7 Å². The van der Waals surface area contributed by atoms with Gasteiger partial charge in [0.15, 0.2) is 0 Å². The Balaban J connectivity index is 2.59. The summed E-state index contributed by atoms with van der Waals surface area (Å²) in [6.45, 7) is 4.23. The Kier molecular flexibility index (Phi) is 1.76. The van der Waals surface area contributed by atoms with Gasteiger partial charge in [-0.05, 0) is 31.5 Å². The average molecular weight is 175 g/mol. The fraction of sp³-hybridized carbons (Fsp3) is 0.273. The summed E-state index contributed by atoms with van der Waals surface area (Å²) in [7, 11) is 2.05. The van der Waals surface area contributed by atoms with E-state index in [1.54, 1.807) is 6.26 Å². The first-order chi connectivity index (χ1) is 6.20. The number of hydrogen-bond donors (Lipinski definition) is 0. The number of furan rings is 1. The Morgan fingerprint density at radius 1 is 1.31 bits per heavy atom. The number of aryl methyl sites for hydroxylation is 1. The largest absolute Gasteiger partial charge is 0.464 e. The van der Waals surface area contributed by atoms with E-state index in [0.29, 0.717) is 0 Å². The molecular weight excluding hydrogens is 162 g/mol. The molecule has 0 amide bonds. The Bertz CT molecular complexity index is 409. The Hall–Kier alpha value is -1.44. The molecule has 68 valence electrons. The third-order valence-corrected chi connectivity index (χ3v) is 2.59. The van der Waals surface area contributed by atoms with Gasteiger partial charge in [-0.25, -0.2) is 0 Å². The molecule has 0 unspecified atom stereocenters. The van der Waals surface area contributed by atoms with Crippen molar-refractivity contribution in [3.8, 4) is 11.3 Å². The highest BCUT2D eigenvalue weighted by Crippen LogP contribution is 2.26. The maximum atomic E-state index is 5.36. The maximum absolute atomic E-state index is 5.36. The van der Waals surface area contributed by atoms with Gasteiger partial charge in [-0.2, -0.15) is 0 Å². The SMILES string of the molecule is Cc1c(-c2ccco2)cn(C)c1C. The summed E-state index contributed by atoms with van der Waals surface area (Å²) >= 11 is 0. The second-order valence-electron chi connectivity index (χ2n) is 3.34. The zero-order valence-electron chi connectivity index (χ0n) is 8.16. The molecule has 2 aromatic heterocycles. The third-order valence-electron chi connectivity index (χ3n) is 2.59. The molecule has 0 aliphatic heterocycles. The van der Waals surface area contributed by atoms with Gasteiger partial charge >= 0.3 is 0 Å². The lowest BCUT2D eigenvalue weighted by molar-refractivity contribution is 0.582. The minimum Gasteiger partial charge on any atom is -0.464 e. The minimum absolute atomic E-state index is 0.946. The van der Waals surface area contributed by atoms with E-state index < -0.39 is 0 Å². The van der Waals surface area contributed by atoms with Gasteiger partial charge in [-0.3, -0.25) is 0 Å². The topological polar surface area (TPSA) is 18.1 Å². The molecular formula is C11H13NO. The van der Waals surface area contributed by atoms with Crippen LogP contribution in [-0.2, 0) is 7.05 Å². The van der Waals surface area contributed by atoms with Crippen LogP contribution < -0.4 is 0 Å². The first-order valence-corrected chi connectivity index (χ1v) is 4.36. The lowest BCUT2D eigenvalue weighted by atomic mass is 10.1. The van der Waals surface area contributed by atoms with E-state index in [0.717, 1.165) is 5.76 Å². The molecule has 2 rings (SSSR count). The van der Waals surface area contributed by atoms with Crippen LogP contribution in [0.25, 0.3) is 11.3 Å². The van der Waals surface area contributed by atoms with Crippen LogP contribution in [0.2, 0.25) is 0 Å². The molecule has 0 saturated carbocycles. The van der Waals surface area contributed by atoms with Crippen molar-refractivity contribution in [2.24, 2.45) is 7.05 Å². The quantitative estimate of drug-likeness (QED) is 0.651. The molecule has 2 nitrogen and oxygen atoms in total. The van der Waals surface area contributed by atoms with E-state index in [4.69, 9.17) is 4.42 Å². The van der Waals surface area contributed by atoms with Gasteiger partial charge in [-0.15, -0.1) is 0 Å². The third kappa shape index (κ3) is 1.18. The van der Waals surface area contributed by atoms with Crippen LogP contribution in [0, 0.1) is 13.8 Å². The van der Waals surface area contributed by atoms with Crippen molar-refractivity contribution in [2.45, 2.75) is 13.8 Å². The number of aromatic nitrogens is 1. The Morgan fingerprint density at radius 3 is 2.54 bits per heavy atom. The second-order valence-corrected chi connectivity index (χ2v) is 3.34. The molecule has 13 heavy (non-hydrogen) atoms. The first-order valence-electron chi connectivity index (χ1n) is 4.36. The Morgan fingerprint density at radius 2 is 2.08 bits per heavy atom. The summed E-state index contributed by atoms with van der Waals surface area (Å²) < 4.78 is 7.47. The molecule has 0 aliphatic carbocycles. The van der Waals surface area contributed by atoms with E-state index in [9.17, 15) is 0 Å². The summed E-state index contributed by atoms with van der Waals surface area (Å²) in [5.41, 5.74) is 3.76. The molecule has 0 saturated heterocycles. The van der Waals surface area contributed by atoms with Gasteiger partial charge in [0.05, 0.1) is 6.26 Å². The molecule has 2 heteroatoms. The number of hydrogen-bond acceptors (Lipinski definition) is 1. The molecule has 0 N–H and O–H groups in total. The first kappa shape index (κ1) is 8.17. The fourth-order valence-corrected chi connectivity index (χ4v) is 1.53. The van der Waals surface area contributed by atoms with Gasteiger partial charge in [0.25, 0.3) is 0 Å². The van der Waals surface area contributed by atoms with Crippen LogP contribution in [0.5, 0.6) is 0 Å². The van der Waals surface area contributed by atoms with Crippen molar-refractivity contribution < 1.29 is 4.42 Å². The van der Waals surface area contributed by atoms with Crippen molar-refractivity contribution in [2.75, 3.05) is 0 Å². The van der Waals surface area contributed by atoms with E-state index in [-0.39, 0.29) is 0 Å². The molecule has 0 fully saturated rings. The summed E-state index contributed by atoms with van der Waals surface area (Å²) in [5.74, 6) is 0.946. The number of rotatable bonds is 1. The highest BCUT2D eigenvalue weighted by Gasteiger charge is 2.09. The van der Waals surface area contributed by atoms with Crippen LogP contribution in [-0.4, -0.2) is 4.57 Å². The lowest BCUT2D eigenvalue weighted by Gasteiger charge is -1.95. The normalized spacial score (nSPS) is 10.7. The van der Waals surface area contributed by atoms with Crippen molar-refractivity contribution in [1.82, 2.24) is 4.57 Å². The monoisotopic (exact) mass is 175 g/mol. The predicted molar refractivity (Wildman–Crippen MR) is 52.6 cm³/mol. The molecule has 2 aromatic rings. The smallest absolute Gasteiger partial charge is 0.135 e. The summed E-state index contributed by atoms with van der Waals surface area (Å²) in [6, 6.07) is 3.90. The maximum Gasteiger partial charge on any atom is 0.135 e. The molecule has 2 heterocycles. The van der Waals surface area contributed by atoms with Gasteiger partial charge in [0, 0.05) is 24.5 Å². The van der Waals surface area contributed by atoms with Crippen molar-refractivity contribution in [1.29, 1.82) is 0 Å². The zero-order valence-corrected chi connectivity index (χ0v) is 8.16. The van der Waals surface area contributed by atoms with Crippen LogP contribution in [0.4, 0.5) is 0 Å². The van der Waals surface area contributed by atoms with E-state index in [1.807, 2.05) is 12.1 Å². The molecule has 0 bridgehead atoms. The van der Waals surface area contributed by atoms with Crippen LogP contribution in [0.1, 0.15) is 11.3 Å². The molecule has 0 spiro atoms. The molecule has 0 atom stereocenters. The second kappa shape index (κ2) is 2.80. The predicted octanol–water partition coefficient (Wildman–Crippen LogP) is 2.90. The van der Waals surface area contributed by atoms with Gasteiger partial charge in [0.2, 0.25) is 0 Å². The average Bonchev–Trinajstić information content (AvgIpc) is 2.70. The van der Waals surface area contributed by atoms with Crippen LogP contribution in [0.3, 0.4) is 0 Å².